The van der Waals surface area contributed by atoms with Crippen molar-refractivity contribution in [3.8, 4) is 0 Å². The summed E-state index contributed by atoms with van der Waals surface area (Å²) in [6.45, 7) is 11.3. The van der Waals surface area contributed by atoms with E-state index in [0.29, 0.717) is 12.1 Å². The summed E-state index contributed by atoms with van der Waals surface area (Å²) in [7, 11) is 0. The number of ether oxygens (including phenoxy) is 2. The van der Waals surface area contributed by atoms with Crippen LogP contribution in [0.1, 0.15) is 53.4 Å². The lowest BCUT2D eigenvalue weighted by Gasteiger charge is -2.40. The third kappa shape index (κ3) is 4.94. The first-order valence-corrected chi connectivity index (χ1v) is 7.11. The molecule has 1 saturated heterocycles. The smallest absolute Gasteiger partial charge is 0.0692 e. The summed E-state index contributed by atoms with van der Waals surface area (Å²) in [5, 5.41) is 3.60. The van der Waals surface area contributed by atoms with Crippen molar-refractivity contribution in [1.82, 2.24) is 5.32 Å². The molecule has 1 unspecified atom stereocenters. The van der Waals surface area contributed by atoms with E-state index in [0.717, 1.165) is 45.4 Å². The Balaban J connectivity index is 2.25. The van der Waals surface area contributed by atoms with Gasteiger partial charge in [0.2, 0.25) is 0 Å². The van der Waals surface area contributed by atoms with Gasteiger partial charge in [0.25, 0.3) is 0 Å². The molecule has 1 heterocycles. The van der Waals surface area contributed by atoms with Crippen LogP contribution in [0.15, 0.2) is 0 Å². The highest BCUT2D eigenvalue weighted by Crippen LogP contribution is 2.31. The van der Waals surface area contributed by atoms with Gasteiger partial charge in [-0.1, -0.05) is 13.8 Å². The molecule has 0 aromatic rings. The predicted octanol–water partition coefficient (Wildman–Crippen LogP) is 2.74. The predicted molar refractivity (Wildman–Crippen MR) is 71.4 cm³/mol. The third-order valence-corrected chi connectivity index (χ3v) is 3.77. The first-order valence-electron chi connectivity index (χ1n) is 7.11. The van der Waals surface area contributed by atoms with Crippen LogP contribution in [0.2, 0.25) is 0 Å². The molecule has 0 radical (unpaired) electrons. The summed E-state index contributed by atoms with van der Waals surface area (Å²) >= 11 is 0. The Bertz CT molecular complexity index is 202. The van der Waals surface area contributed by atoms with Crippen LogP contribution in [0.25, 0.3) is 0 Å². The Morgan fingerprint density at radius 1 is 1.35 bits per heavy atom. The second-order valence-electron chi connectivity index (χ2n) is 5.30. The minimum absolute atomic E-state index is 0.120. The van der Waals surface area contributed by atoms with Crippen molar-refractivity contribution in [2.45, 2.75) is 71.1 Å². The third-order valence-electron chi connectivity index (χ3n) is 3.77. The fraction of sp³-hybridized carbons (Fsp3) is 1.00. The zero-order valence-electron chi connectivity index (χ0n) is 11.9. The van der Waals surface area contributed by atoms with Crippen molar-refractivity contribution in [2.24, 2.45) is 0 Å². The van der Waals surface area contributed by atoms with Crippen molar-refractivity contribution in [2.75, 3.05) is 19.8 Å². The van der Waals surface area contributed by atoms with Crippen LogP contribution < -0.4 is 5.32 Å². The van der Waals surface area contributed by atoms with Crippen molar-refractivity contribution in [3.05, 3.63) is 0 Å². The van der Waals surface area contributed by atoms with E-state index in [2.05, 4.69) is 33.0 Å². The summed E-state index contributed by atoms with van der Waals surface area (Å²) in [6, 6.07) is 0.597. The number of rotatable bonds is 7. The van der Waals surface area contributed by atoms with Crippen molar-refractivity contribution in [1.29, 1.82) is 0 Å². The van der Waals surface area contributed by atoms with Gasteiger partial charge < -0.3 is 14.8 Å². The van der Waals surface area contributed by atoms with Crippen LogP contribution in [0.5, 0.6) is 0 Å². The molecule has 3 nitrogen and oxygen atoms in total. The molecule has 1 aliphatic heterocycles. The minimum atomic E-state index is 0.120. The van der Waals surface area contributed by atoms with E-state index in [-0.39, 0.29) is 5.60 Å². The largest absolute Gasteiger partial charge is 0.377 e. The van der Waals surface area contributed by atoms with Gasteiger partial charge in [-0.3, -0.25) is 0 Å². The first kappa shape index (κ1) is 14.9. The lowest BCUT2D eigenvalue weighted by atomic mass is 9.86. The minimum Gasteiger partial charge on any atom is -0.377 e. The molecule has 0 aromatic heterocycles. The molecule has 0 saturated carbocycles. The van der Waals surface area contributed by atoms with E-state index in [4.69, 9.17) is 9.47 Å². The molecule has 17 heavy (non-hydrogen) atoms. The Morgan fingerprint density at radius 2 is 2.06 bits per heavy atom. The molecule has 1 fully saturated rings. The molecule has 1 aliphatic rings. The van der Waals surface area contributed by atoms with Crippen molar-refractivity contribution < 1.29 is 9.47 Å². The maximum atomic E-state index is 5.97. The zero-order valence-corrected chi connectivity index (χ0v) is 11.9. The molecule has 0 bridgehead atoms. The van der Waals surface area contributed by atoms with E-state index in [1.54, 1.807) is 0 Å². The van der Waals surface area contributed by atoms with E-state index >= 15 is 0 Å². The van der Waals surface area contributed by atoms with Gasteiger partial charge in [0.15, 0.2) is 0 Å². The molecular weight excluding hydrogens is 214 g/mol. The average Bonchev–Trinajstić information content (AvgIpc) is 2.34. The van der Waals surface area contributed by atoms with Crippen LogP contribution in [0.3, 0.4) is 0 Å². The first-order chi connectivity index (χ1) is 8.12. The molecule has 3 heteroatoms. The van der Waals surface area contributed by atoms with Crippen molar-refractivity contribution in [3.63, 3.8) is 0 Å². The highest BCUT2D eigenvalue weighted by molar-refractivity contribution is 4.87. The fourth-order valence-electron chi connectivity index (χ4n) is 2.50. The van der Waals surface area contributed by atoms with Gasteiger partial charge in [0, 0.05) is 19.2 Å². The second kappa shape index (κ2) is 7.34. The Morgan fingerprint density at radius 3 is 2.65 bits per heavy atom. The summed E-state index contributed by atoms with van der Waals surface area (Å²) in [6.07, 6.45) is 4.83. The monoisotopic (exact) mass is 243 g/mol. The van der Waals surface area contributed by atoms with Crippen LogP contribution in [0, 0.1) is 0 Å². The van der Waals surface area contributed by atoms with E-state index in [9.17, 15) is 0 Å². The lowest BCUT2D eigenvalue weighted by Crippen LogP contribution is -2.47. The Kier molecular flexibility index (Phi) is 6.45. The van der Waals surface area contributed by atoms with Gasteiger partial charge in [0.1, 0.15) is 0 Å². The Labute approximate surface area is 106 Å². The number of nitrogens with one attached hydrogen (secondary N) is 1. The van der Waals surface area contributed by atoms with Gasteiger partial charge in [-0.25, -0.2) is 0 Å². The number of hydrogen-bond acceptors (Lipinski definition) is 3. The molecule has 0 amide bonds. The second-order valence-corrected chi connectivity index (χ2v) is 5.30. The molecule has 1 rings (SSSR count). The normalized spacial score (nSPS) is 24.2. The highest BCUT2D eigenvalue weighted by Gasteiger charge is 2.33. The summed E-state index contributed by atoms with van der Waals surface area (Å²) in [5.74, 6) is 0. The Hall–Kier alpha value is -0.120. The molecule has 1 atom stereocenters. The van der Waals surface area contributed by atoms with Gasteiger partial charge in [-0.2, -0.15) is 0 Å². The van der Waals surface area contributed by atoms with Crippen LogP contribution >= 0.6 is 0 Å². The molecule has 0 spiro atoms. The summed E-state index contributed by atoms with van der Waals surface area (Å²) in [4.78, 5) is 0. The van der Waals surface area contributed by atoms with Gasteiger partial charge >= 0.3 is 0 Å². The van der Waals surface area contributed by atoms with E-state index in [1.807, 2.05) is 0 Å². The topological polar surface area (TPSA) is 30.5 Å². The molecule has 1 N–H and O–H groups in total. The van der Waals surface area contributed by atoms with Crippen LogP contribution in [-0.4, -0.2) is 37.5 Å². The lowest BCUT2D eigenvalue weighted by molar-refractivity contribution is -0.0935. The maximum absolute atomic E-state index is 5.97. The van der Waals surface area contributed by atoms with Crippen LogP contribution in [-0.2, 0) is 9.47 Å². The molecular formula is C14H29NO2. The highest BCUT2D eigenvalue weighted by atomic mass is 16.5. The van der Waals surface area contributed by atoms with Crippen LogP contribution in [0.4, 0.5) is 0 Å². The number of hydrogen-bond donors (Lipinski definition) is 1. The average molecular weight is 243 g/mol. The fourth-order valence-corrected chi connectivity index (χ4v) is 2.50. The van der Waals surface area contributed by atoms with E-state index in [1.165, 1.54) is 0 Å². The van der Waals surface area contributed by atoms with Gasteiger partial charge in [-0.15, -0.1) is 0 Å². The molecule has 0 aromatic carbocycles. The van der Waals surface area contributed by atoms with Gasteiger partial charge in [-0.05, 0) is 39.5 Å². The summed E-state index contributed by atoms with van der Waals surface area (Å²) in [5.41, 5.74) is 0.120. The zero-order chi connectivity index (χ0) is 12.7. The quantitative estimate of drug-likeness (QED) is 0.697. The molecule has 0 aliphatic carbocycles. The van der Waals surface area contributed by atoms with Crippen molar-refractivity contribution >= 4 is 0 Å². The van der Waals surface area contributed by atoms with E-state index < -0.39 is 0 Å². The standard InChI is InChI=1S/C14H29NO2/c1-5-14(6-2)11-13(7-9-17-14)15-8-10-16-12(3)4/h12-13,15H,5-11H2,1-4H3. The SMILES string of the molecule is CCC1(CC)CC(NCCOC(C)C)CCO1. The maximum Gasteiger partial charge on any atom is 0.0692 e. The van der Waals surface area contributed by atoms with Gasteiger partial charge in [0.05, 0.1) is 18.3 Å². The molecule has 102 valence electrons. The summed E-state index contributed by atoms with van der Waals surface area (Å²) < 4.78 is 11.5.